The van der Waals surface area contributed by atoms with Gasteiger partial charge in [-0.25, -0.2) is 4.79 Å². The monoisotopic (exact) mass is 320 g/mol. The molecule has 1 rings (SSSR count). The molecule has 3 N–H and O–H groups in total. The Bertz CT molecular complexity index is 450. The lowest BCUT2D eigenvalue weighted by Crippen LogP contribution is -2.39. The van der Waals surface area contributed by atoms with E-state index in [1.54, 1.807) is 18.7 Å². The Morgan fingerprint density at radius 1 is 1.32 bits per heavy atom. The highest BCUT2D eigenvalue weighted by Crippen LogP contribution is 2.31. The van der Waals surface area contributed by atoms with Crippen molar-refractivity contribution in [3.8, 4) is 0 Å². The summed E-state index contributed by atoms with van der Waals surface area (Å²) in [5, 5.41) is 9.66. The van der Waals surface area contributed by atoms with E-state index in [0.29, 0.717) is 10.3 Å². The van der Waals surface area contributed by atoms with Crippen LogP contribution in [0.4, 0.5) is 4.79 Å². The first kappa shape index (κ1) is 16.3. The van der Waals surface area contributed by atoms with Crippen molar-refractivity contribution in [2.24, 2.45) is 11.7 Å². The molecule has 19 heavy (non-hydrogen) atoms. The molecule has 1 aromatic rings. The lowest BCUT2D eigenvalue weighted by molar-refractivity contribution is -0.119. The standard InChI is InChI=1S/C10H16N4O2S3/c1-5(2)4-17-9-13-14-10(19-9)18-6(3)7(15)12-8(11)16/h5-6H,4H2,1-3H3,(H3,11,12,15,16)/t6-/m0/s1. The second-order valence-corrected chi connectivity index (χ2v) is 7.98. The molecule has 0 saturated heterocycles. The van der Waals surface area contributed by atoms with Gasteiger partial charge in [-0.1, -0.05) is 48.7 Å². The molecule has 6 nitrogen and oxygen atoms in total. The van der Waals surface area contributed by atoms with E-state index in [-0.39, 0.29) is 0 Å². The number of imide groups is 1. The van der Waals surface area contributed by atoms with E-state index in [9.17, 15) is 9.59 Å². The molecule has 9 heteroatoms. The topological polar surface area (TPSA) is 98.0 Å². The zero-order valence-electron chi connectivity index (χ0n) is 10.9. The minimum atomic E-state index is -0.845. The Morgan fingerprint density at radius 3 is 2.53 bits per heavy atom. The van der Waals surface area contributed by atoms with Crippen molar-refractivity contribution in [1.82, 2.24) is 15.5 Å². The van der Waals surface area contributed by atoms with Crippen molar-refractivity contribution < 1.29 is 9.59 Å². The first-order valence-corrected chi connectivity index (χ1v) is 8.30. The Morgan fingerprint density at radius 2 is 1.95 bits per heavy atom. The SMILES string of the molecule is CC(C)CSc1nnc(S[C@@H](C)C(=O)NC(N)=O)s1. The van der Waals surface area contributed by atoms with E-state index in [2.05, 4.69) is 24.0 Å². The Labute approximate surface area is 124 Å². The van der Waals surface area contributed by atoms with Crippen LogP contribution in [0.15, 0.2) is 8.68 Å². The third kappa shape index (κ3) is 6.26. The first-order chi connectivity index (χ1) is 8.88. The predicted molar refractivity (Wildman–Crippen MR) is 78.5 cm³/mol. The molecule has 1 atom stereocenters. The average Bonchev–Trinajstić information content (AvgIpc) is 2.73. The molecule has 0 aliphatic rings. The van der Waals surface area contributed by atoms with Crippen LogP contribution < -0.4 is 11.1 Å². The zero-order valence-corrected chi connectivity index (χ0v) is 13.3. The van der Waals surface area contributed by atoms with E-state index >= 15 is 0 Å². The van der Waals surface area contributed by atoms with Gasteiger partial charge >= 0.3 is 6.03 Å². The van der Waals surface area contributed by atoms with Crippen molar-refractivity contribution in [1.29, 1.82) is 0 Å². The summed E-state index contributed by atoms with van der Waals surface area (Å²) in [6.45, 7) is 5.96. The number of amides is 3. The van der Waals surface area contributed by atoms with Crippen LogP contribution in [0.1, 0.15) is 20.8 Å². The highest BCUT2D eigenvalue weighted by Gasteiger charge is 2.18. The van der Waals surface area contributed by atoms with Gasteiger partial charge in [-0.2, -0.15) is 0 Å². The normalized spacial score (nSPS) is 12.4. The van der Waals surface area contributed by atoms with Crippen LogP contribution in [0.25, 0.3) is 0 Å². The van der Waals surface area contributed by atoms with Crippen LogP contribution in [-0.2, 0) is 4.79 Å². The molecule has 106 valence electrons. The van der Waals surface area contributed by atoms with Crippen LogP contribution in [-0.4, -0.2) is 33.1 Å². The van der Waals surface area contributed by atoms with Gasteiger partial charge in [0, 0.05) is 5.75 Å². The minimum absolute atomic E-state index is 0.427. The zero-order chi connectivity index (χ0) is 14.4. The van der Waals surface area contributed by atoms with E-state index in [4.69, 9.17) is 5.73 Å². The van der Waals surface area contributed by atoms with Crippen molar-refractivity contribution in [3.05, 3.63) is 0 Å². The second kappa shape index (κ2) is 7.71. The lowest BCUT2D eigenvalue weighted by Gasteiger charge is -2.06. The second-order valence-electron chi connectivity index (χ2n) is 4.15. The fourth-order valence-corrected chi connectivity index (χ4v) is 4.11. The van der Waals surface area contributed by atoms with Gasteiger partial charge in [-0.15, -0.1) is 10.2 Å². The third-order valence-corrected chi connectivity index (χ3v) is 5.49. The third-order valence-electron chi connectivity index (χ3n) is 1.82. The summed E-state index contributed by atoms with van der Waals surface area (Å²) in [5.74, 6) is 1.14. The molecule has 0 fully saturated rings. The molecule has 0 aliphatic carbocycles. The van der Waals surface area contributed by atoms with Gasteiger partial charge in [0.2, 0.25) is 5.91 Å². The van der Waals surface area contributed by atoms with Crippen molar-refractivity contribution in [3.63, 3.8) is 0 Å². The Balaban J connectivity index is 2.48. The number of primary amides is 1. The smallest absolute Gasteiger partial charge is 0.318 e. The van der Waals surface area contributed by atoms with E-state index < -0.39 is 17.2 Å². The summed E-state index contributed by atoms with van der Waals surface area (Å²) < 4.78 is 1.59. The first-order valence-electron chi connectivity index (χ1n) is 5.61. The highest BCUT2D eigenvalue weighted by atomic mass is 32.2. The summed E-state index contributed by atoms with van der Waals surface area (Å²) in [7, 11) is 0. The summed E-state index contributed by atoms with van der Waals surface area (Å²) in [4.78, 5) is 22.1. The van der Waals surface area contributed by atoms with E-state index in [0.717, 1.165) is 10.1 Å². The molecule has 1 heterocycles. The number of carbonyl (C=O) groups is 2. The van der Waals surface area contributed by atoms with Gasteiger partial charge in [-0.05, 0) is 12.8 Å². The summed E-state index contributed by atoms with van der Waals surface area (Å²) in [6.07, 6.45) is 0. The van der Waals surface area contributed by atoms with Gasteiger partial charge in [0.15, 0.2) is 8.68 Å². The van der Waals surface area contributed by atoms with Crippen molar-refractivity contribution in [2.75, 3.05) is 5.75 Å². The number of nitrogens with one attached hydrogen (secondary N) is 1. The van der Waals surface area contributed by atoms with Crippen LogP contribution in [0.5, 0.6) is 0 Å². The van der Waals surface area contributed by atoms with Gasteiger partial charge < -0.3 is 5.73 Å². The molecule has 0 aliphatic heterocycles. The minimum Gasteiger partial charge on any atom is -0.351 e. The Kier molecular flexibility index (Phi) is 6.59. The maximum Gasteiger partial charge on any atom is 0.318 e. The van der Waals surface area contributed by atoms with E-state index in [1.165, 1.54) is 23.1 Å². The van der Waals surface area contributed by atoms with Gasteiger partial charge in [0.05, 0.1) is 5.25 Å². The van der Waals surface area contributed by atoms with Crippen LogP contribution in [0.2, 0.25) is 0 Å². The molecule has 0 saturated carbocycles. The van der Waals surface area contributed by atoms with Crippen LogP contribution in [0.3, 0.4) is 0 Å². The number of thioether (sulfide) groups is 2. The number of hydrogen-bond acceptors (Lipinski definition) is 7. The molecule has 0 unspecified atom stereocenters. The summed E-state index contributed by atoms with van der Waals surface area (Å²) >= 11 is 4.36. The fraction of sp³-hybridized carbons (Fsp3) is 0.600. The molecule has 0 radical (unpaired) electrons. The lowest BCUT2D eigenvalue weighted by atomic mass is 10.3. The van der Waals surface area contributed by atoms with E-state index in [1.807, 2.05) is 5.32 Å². The predicted octanol–water partition coefficient (Wildman–Crippen LogP) is 1.96. The highest BCUT2D eigenvalue weighted by molar-refractivity contribution is 8.03. The quantitative estimate of drug-likeness (QED) is 0.778. The number of carbonyl (C=O) groups excluding carboxylic acids is 2. The average molecular weight is 320 g/mol. The number of aromatic nitrogens is 2. The number of nitrogens with zero attached hydrogens (tertiary/aromatic N) is 2. The molecule has 3 amide bonds. The fourth-order valence-electron chi connectivity index (χ4n) is 0.969. The maximum atomic E-state index is 11.5. The van der Waals surface area contributed by atoms with Gasteiger partial charge in [0.1, 0.15) is 0 Å². The Hall–Kier alpha value is -0.800. The van der Waals surface area contributed by atoms with Crippen molar-refractivity contribution >= 4 is 46.8 Å². The number of rotatable bonds is 6. The van der Waals surface area contributed by atoms with Crippen LogP contribution >= 0.6 is 34.9 Å². The van der Waals surface area contributed by atoms with Gasteiger partial charge in [0.25, 0.3) is 0 Å². The maximum absolute atomic E-state index is 11.5. The molecule has 0 aromatic carbocycles. The number of urea groups is 1. The number of hydrogen-bond donors (Lipinski definition) is 2. The molecular weight excluding hydrogens is 304 g/mol. The largest absolute Gasteiger partial charge is 0.351 e. The van der Waals surface area contributed by atoms with Crippen LogP contribution in [0, 0.1) is 5.92 Å². The summed E-state index contributed by atoms with van der Waals surface area (Å²) in [5.41, 5.74) is 4.89. The molecule has 0 bridgehead atoms. The number of nitrogens with two attached hydrogens (primary N) is 1. The molecule has 0 spiro atoms. The van der Waals surface area contributed by atoms with Crippen molar-refractivity contribution in [2.45, 2.75) is 34.7 Å². The summed E-state index contributed by atoms with van der Waals surface area (Å²) in [6, 6.07) is -0.845. The molecular formula is C10H16N4O2S3. The molecule has 1 aromatic heterocycles. The van der Waals surface area contributed by atoms with Gasteiger partial charge in [-0.3, -0.25) is 10.1 Å².